The van der Waals surface area contributed by atoms with Gasteiger partial charge in [-0.2, -0.15) is 10.1 Å². The smallest absolute Gasteiger partial charge is 0.332 e. The zero-order valence-electron chi connectivity index (χ0n) is 19.1. The highest BCUT2D eigenvalue weighted by molar-refractivity contribution is 5.80. The van der Waals surface area contributed by atoms with Crippen LogP contribution in [0.1, 0.15) is 23.6 Å². The summed E-state index contributed by atoms with van der Waals surface area (Å²) in [5.41, 5.74) is 5.74. The Morgan fingerprint density at radius 3 is 2.48 bits per heavy atom. The number of ether oxygens (including phenoxy) is 1. The van der Waals surface area contributed by atoms with Crippen molar-refractivity contribution in [3.05, 3.63) is 86.1 Å². The molecule has 2 heterocycles. The lowest BCUT2D eigenvalue weighted by Gasteiger charge is -2.11. The zero-order valence-corrected chi connectivity index (χ0v) is 19.1. The minimum Gasteiger partial charge on any atom is -0.494 e. The van der Waals surface area contributed by atoms with E-state index in [9.17, 15) is 9.59 Å². The number of hydrazone groups is 1. The summed E-state index contributed by atoms with van der Waals surface area (Å²) < 4.78 is 9.67. The monoisotopic (exact) mass is 446 g/mol. The van der Waals surface area contributed by atoms with E-state index < -0.39 is 11.2 Å². The average Bonchev–Trinajstić information content (AvgIpc) is 3.17. The van der Waals surface area contributed by atoms with Crippen molar-refractivity contribution < 1.29 is 4.74 Å². The van der Waals surface area contributed by atoms with Crippen LogP contribution in [0.25, 0.3) is 11.2 Å². The third-order valence-corrected chi connectivity index (χ3v) is 5.51. The van der Waals surface area contributed by atoms with Gasteiger partial charge < -0.3 is 4.74 Å². The van der Waals surface area contributed by atoms with Crippen molar-refractivity contribution in [1.82, 2.24) is 18.7 Å². The molecule has 0 fully saturated rings. The van der Waals surface area contributed by atoms with Crippen LogP contribution in [-0.4, -0.2) is 31.5 Å². The van der Waals surface area contributed by atoms with Crippen molar-refractivity contribution in [3.8, 4) is 5.75 Å². The second-order valence-electron chi connectivity index (χ2n) is 7.70. The molecule has 2 aromatic heterocycles. The average molecular weight is 447 g/mol. The van der Waals surface area contributed by atoms with Crippen LogP contribution < -0.4 is 21.4 Å². The van der Waals surface area contributed by atoms with Gasteiger partial charge in [0.25, 0.3) is 5.56 Å². The maximum Gasteiger partial charge on any atom is 0.332 e. The van der Waals surface area contributed by atoms with Crippen molar-refractivity contribution in [3.63, 3.8) is 0 Å². The summed E-state index contributed by atoms with van der Waals surface area (Å²) in [5, 5.41) is 4.32. The number of benzene rings is 2. The molecule has 1 N–H and O–H groups in total. The molecule has 33 heavy (non-hydrogen) atoms. The van der Waals surface area contributed by atoms with Gasteiger partial charge in [-0.05, 0) is 54.8 Å². The Kier molecular flexibility index (Phi) is 6.12. The van der Waals surface area contributed by atoms with Crippen molar-refractivity contribution in [2.75, 3.05) is 12.0 Å². The first kappa shape index (κ1) is 22.1. The molecular weight excluding hydrogens is 420 g/mol. The molecule has 0 amide bonds. The highest BCUT2D eigenvalue weighted by Crippen LogP contribution is 2.19. The number of aromatic nitrogens is 4. The van der Waals surface area contributed by atoms with Gasteiger partial charge in [-0.3, -0.25) is 18.5 Å². The van der Waals surface area contributed by atoms with Gasteiger partial charge in [0.15, 0.2) is 11.2 Å². The minimum absolute atomic E-state index is 0.301. The van der Waals surface area contributed by atoms with Crippen molar-refractivity contribution >= 4 is 23.3 Å². The normalized spacial score (nSPS) is 11.4. The molecule has 0 unspecified atom stereocenters. The van der Waals surface area contributed by atoms with Crippen LogP contribution in [-0.2, 0) is 20.6 Å². The van der Waals surface area contributed by atoms with E-state index in [2.05, 4.69) is 15.5 Å². The number of nitrogens with one attached hydrogen (secondary N) is 1. The fourth-order valence-corrected chi connectivity index (χ4v) is 3.62. The topological polar surface area (TPSA) is 95.4 Å². The Balaban J connectivity index is 1.76. The Morgan fingerprint density at radius 1 is 1.06 bits per heavy atom. The lowest BCUT2D eigenvalue weighted by atomic mass is 10.1. The number of fused-ring (bicyclic) bond motifs is 1. The number of aryl methyl sites for hydroxylation is 2. The summed E-state index contributed by atoms with van der Waals surface area (Å²) in [7, 11) is 3.06. The van der Waals surface area contributed by atoms with Crippen molar-refractivity contribution in [2.45, 2.75) is 20.4 Å². The van der Waals surface area contributed by atoms with Crippen LogP contribution in [0.15, 0.2) is 63.2 Å². The Labute approximate surface area is 190 Å². The predicted octanol–water partition coefficient (Wildman–Crippen LogP) is 2.64. The first-order chi connectivity index (χ1) is 15.9. The second-order valence-corrected chi connectivity index (χ2v) is 7.70. The van der Waals surface area contributed by atoms with E-state index in [1.54, 1.807) is 17.8 Å². The molecule has 4 rings (SSSR count). The number of anilines is 1. The Morgan fingerprint density at radius 2 is 1.79 bits per heavy atom. The van der Waals surface area contributed by atoms with Crippen LogP contribution in [0, 0.1) is 6.92 Å². The fourth-order valence-electron chi connectivity index (χ4n) is 3.62. The van der Waals surface area contributed by atoms with E-state index in [0.29, 0.717) is 30.3 Å². The van der Waals surface area contributed by atoms with Crippen LogP contribution in [0.4, 0.5) is 5.95 Å². The van der Waals surface area contributed by atoms with Crippen LogP contribution in [0.3, 0.4) is 0 Å². The molecule has 0 aliphatic rings. The molecular formula is C24H26N6O3. The van der Waals surface area contributed by atoms with Crippen LogP contribution >= 0.6 is 0 Å². The van der Waals surface area contributed by atoms with E-state index >= 15 is 0 Å². The highest BCUT2D eigenvalue weighted by Gasteiger charge is 2.19. The van der Waals surface area contributed by atoms with Gasteiger partial charge in [0.1, 0.15) is 5.75 Å². The number of hydrogen-bond donors (Lipinski definition) is 1. The van der Waals surface area contributed by atoms with Gasteiger partial charge in [-0.15, -0.1) is 0 Å². The van der Waals surface area contributed by atoms with E-state index in [4.69, 9.17) is 4.74 Å². The van der Waals surface area contributed by atoms with E-state index in [1.165, 1.54) is 11.6 Å². The summed E-state index contributed by atoms with van der Waals surface area (Å²) in [4.78, 5) is 30.0. The Hall–Kier alpha value is -4.14. The molecule has 9 heteroatoms. The molecule has 0 spiro atoms. The van der Waals surface area contributed by atoms with E-state index in [0.717, 1.165) is 27.0 Å². The maximum absolute atomic E-state index is 13.0. The SMILES string of the molecule is CCOc1ccc(/C=N/Nc2nc3c(c(=O)n(C)c(=O)n3C)n2Cc2ccccc2C)cc1. The molecule has 0 bridgehead atoms. The van der Waals surface area contributed by atoms with Gasteiger partial charge in [0.2, 0.25) is 5.95 Å². The predicted molar refractivity (Wildman–Crippen MR) is 129 cm³/mol. The molecule has 4 aromatic rings. The van der Waals surface area contributed by atoms with Crippen molar-refractivity contribution in [1.29, 1.82) is 0 Å². The molecule has 170 valence electrons. The number of hydrogen-bond acceptors (Lipinski definition) is 6. The lowest BCUT2D eigenvalue weighted by molar-refractivity contribution is 0.340. The summed E-state index contributed by atoms with van der Waals surface area (Å²) >= 11 is 0. The van der Waals surface area contributed by atoms with Crippen LogP contribution in [0.5, 0.6) is 5.75 Å². The first-order valence-electron chi connectivity index (χ1n) is 10.6. The molecule has 0 saturated heterocycles. The lowest BCUT2D eigenvalue weighted by Crippen LogP contribution is -2.37. The molecule has 0 atom stereocenters. The number of nitrogens with zero attached hydrogens (tertiary/aromatic N) is 5. The van der Waals surface area contributed by atoms with Crippen molar-refractivity contribution in [2.24, 2.45) is 19.2 Å². The summed E-state index contributed by atoms with van der Waals surface area (Å²) in [6.45, 7) is 4.95. The third-order valence-electron chi connectivity index (χ3n) is 5.51. The van der Waals surface area contributed by atoms with Gasteiger partial charge in [0.05, 0.1) is 19.4 Å². The molecule has 0 aliphatic carbocycles. The van der Waals surface area contributed by atoms with Gasteiger partial charge >= 0.3 is 5.69 Å². The first-order valence-corrected chi connectivity index (χ1v) is 10.6. The highest BCUT2D eigenvalue weighted by atomic mass is 16.5. The summed E-state index contributed by atoms with van der Waals surface area (Å²) in [6, 6.07) is 15.5. The van der Waals surface area contributed by atoms with Gasteiger partial charge in [-0.25, -0.2) is 10.2 Å². The maximum atomic E-state index is 13.0. The van der Waals surface area contributed by atoms with Crippen LogP contribution in [0.2, 0.25) is 0 Å². The van der Waals surface area contributed by atoms with E-state index in [-0.39, 0.29) is 0 Å². The number of rotatable bonds is 7. The number of imidazole rings is 1. The third kappa shape index (κ3) is 4.30. The molecule has 0 aliphatic heterocycles. The Bertz CT molecular complexity index is 1440. The summed E-state index contributed by atoms with van der Waals surface area (Å²) in [5.74, 6) is 1.16. The fraction of sp³-hybridized carbons (Fsp3) is 0.250. The summed E-state index contributed by atoms with van der Waals surface area (Å²) in [6.07, 6.45) is 1.66. The van der Waals surface area contributed by atoms with Gasteiger partial charge in [0, 0.05) is 14.1 Å². The quantitative estimate of drug-likeness (QED) is 0.348. The molecule has 0 saturated carbocycles. The molecule has 0 radical (unpaired) electrons. The van der Waals surface area contributed by atoms with Gasteiger partial charge in [-0.1, -0.05) is 24.3 Å². The molecule has 2 aromatic carbocycles. The standard InChI is InChI=1S/C24H26N6O3/c1-5-33-19-12-10-17(11-13-19)14-25-27-23-26-21-20(22(31)29(4)24(32)28(21)3)30(23)15-18-9-7-6-8-16(18)2/h6-14H,5,15H2,1-4H3,(H,26,27)/b25-14+. The van der Waals surface area contributed by atoms with E-state index in [1.807, 2.05) is 62.4 Å². The molecule has 9 nitrogen and oxygen atoms in total. The zero-order chi connectivity index (χ0) is 23.5. The second kappa shape index (κ2) is 9.15. The minimum atomic E-state index is -0.433. The largest absolute Gasteiger partial charge is 0.494 e.